The standard InChI is InChI=1S/C8H18N2O/c1-6-4-10(8(3)9)5-7(2)11-6/h6-8H,4-5,9H2,1-3H3. The van der Waals surface area contributed by atoms with Crippen molar-refractivity contribution in [2.24, 2.45) is 5.73 Å². The lowest BCUT2D eigenvalue weighted by Crippen LogP contribution is -2.52. The van der Waals surface area contributed by atoms with Gasteiger partial charge in [-0.25, -0.2) is 0 Å². The Hall–Kier alpha value is -0.120. The van der Waals surface area contributed by atoms with E-state index in [1.165, 1.54) is 0 Å². The van der Waals surface area contributed by atoms with Gasteiger partial charge in [-0.1, -0.05) is 0 Å². The van der Waals surface area contributed by atoms with Gasteiger partial charge < -0.3 is 10.5 Å². The monoisotopic (exact) mass is 158 g/mol. The molecule has 0 saturated carbocycles. The molecule has 0 aliphatic carbocycles. The van der Waals surface area contributed by atoms with Crippen molar-refractivity contribution in [3.8, 4) is 0 Å². The number of hydrogen-bond donors (Lipinski definition) is 1. The molecule has 3 heteroatoms. The fourth-order valence-electron chi connectivity index (χ4n) is 1.55. The second-order valence-corrected chi connectivity index (χ2v) is 3.45. The van der Waals surface area contributed by atoms with Crippen molar-refractivity contribution in [2.75, 3.05) is 13.1 Å². The SMILES string of the molecule is CC1CN(C(C)N)CC(C)O1. The molecule has 1 aliphatic rings. The lowest BCUT2D eigenvalue weighted by molar-refractivity contribution is -0.0777. The van der Waals surface area contributed by atoms with Crippen LogP contribution >= 0.6 is 0 Å². The average molecular weight is 158 g/mol. The van der Waals surface area contributed by atoms with E-state index in [9.17, 15) is 0 Å². The lowest BCUT2D eigenvalue weighted by atomic mass is 10.2. The number of morpholine rings is 1. The lowest BCUT2D eigenvalue weighted by Gasteiger charge is -2.37. The number of ether oxygens (including phenoxy) is 1. The predicted molar refractivity (Wildman–Crippen MR) is 45.2 cm³/mol. The van der Waals surface area contributed by atoms with Gasteiger partial charge in [0.15, 0.2) is 0 Å². The summed E-state index contributed by atoms with van der Waals surface area (Å²) < 4.78 is 5.57. The molecule has 1 heterocycles. The molecular formula is C8H18N2O. The van der Waals surface area contributed by atoms with Gasteiger partial charge in [-0.15, -0.1) is 0 Å². The summed E-state index contributed by atoms with van der Waals surface area (Å²) in [7, 11) is 0. The summed E-state index contributed by atoms with van der Waals surface area (Å²) >= 11 is 0. The molecule has 1 rings (SSSR count). The number of nitrogens with two attached hydrogens (primary N) is 1. The maximum absolute atomic E-state index is 5.76. The highest BCUT2D eigenvalue weighted by atomic mass is 16.5. The number of rotatable bonds is 1. The molecule has 0 aromatic heterocycles. The quantitative estimate of drug-likeness (QED) is 0.600. The van der Waals surface area contributed by atoms with Gasteiger partial charge in [0.1, 0.15) is 0 Å². The summed E-state index contributed by atoms with van der Waals surface area (Å²) in [5, 5.41) is 0. The van der Waals surface area contributed by atoms with Gasteiger partial charge in [-0.2, -0.15) is 0 Å². The molecule has 0 spiro atoms. The van der Waals surface area contributed by atoms with E-state index in [0.29, 0.717) is 12.2 Å². The Labute approximate surface area is 68.5 Å². The first kappa shape index (κ1) is 8.97. The Morgan fingerprint density at radius 3 is 2.18 bits per heavy atom. The van der Waals surface area contributed by atoms with Crippen LogP contribution in [0.4, 0.5) is 0 Å². The third-order valence-electron chi connectivity index (χ3n) is 2.02. The maximum atomic E-state index is 5.76. The van der Waals surface area contributed by atoms with Crippen LogP contribution in [0.1, 0.15) is 20.8 Å². The Morgan fingerprint density at radius 2 is 1.82 bits per heavy atom. The van der Waals surface area contributed by atoms with Crippen molar-refractivity contribution in [3.63, 3.8) is 0 Å². The molecule has 2 N–H and O–H groups in total. The molecule has 0 amide bonds. The summed E-state index contributed by atoms with van der Waals surface area (Å²) in [5.41, 5.74) is 5.76. The van der Waals surface area contributed by atoms with E-state index in [-0.39, 0.29) is 6.17 Å². The van der Waals surface area contributed by atoms with Crippen LogP contribution in [0.3, 0.4) is 0 Å². The van der Waals surface area contributed by atoms with E-state index in [0.717, 1.165) is 13.1 Å². The summed E-state index contributed by atoms with van der Waals surface area (Å²) in [6.07, 6.45) is 0.804. The smallest absolute Gasteiger partial charge is 0.0678 e. The van der Waals surface area contributed by atoms with Crippen LogP contribution in [0.5, 0.6) is 0 Å². The molecule has 11 heavy (non-hydrogen) atoms. The highest BCUT2D eigenvalue weighted by molar-refractivity contribution is 4.74. The molecule has 3 nitrogen and oxygen atoms in total. The van der Waals surface area contributed by atoms with Gasteiger partial charge in [0, 0.05) is 13.1 Å². The van der Waals surface area contributed by atoms with Gasteiger partial charge in [0.2, 0.25) is 0 Å². The Balaban J connectivity index is 2.43. The highest BCUT2D eigenvalue weighted by Gasteiger charge is 2.23. The first-order valence-corrected chi connectivity index (χ1v) is 4.24. The van der Waals surface area contributed by atoms with Crippen molar-refractivity contribution in [1.82, 2.24) is 4.90 Å². The zero-order valence-electron chi connectivity index (χ0n) is 7.58. The molecule has 0 radical (unpaired) electrons. The van der Waals surface area contributed by atoms with Crippen LogP contribution < -0.4 is 5.73 Å². The van der Waals surface area contributed by atoms with Gasteiger partial charge in [-0.3, -0.25) is 4.90 Å². The predicted octanol–water partition coefficient (Wildman–Crippen LogP) is 0.400. The second-order valence-electron chi connectivity index (χ2n) is 3.45. The average Bonchev–Trinajstić information content (AvgIpc) is 1.85. The van der Waals surface area contributed by atoms with Crippen molar-refractivity contribution >= 4 is 0 Å². The maximum Gasteiger partial charge on any atom is 0.0678 e. The molecule has 3 atom stereocenters. The summed E-state index contributed by atoms with van der Waals surface area (Å²) in [4.78, 5) is 2.25. The van der Waals surface area contributed by atoms with Gasteiger partial charge in [-0.05, 0) is 20.8 Å². The third-order valence-corrected chi connectivity index (χ3v) is 2.02. The molecule has 1 aliphatic heterocycles. The van der Waals surface area contributed by atoms with Crippen LogP contribution in [0.25, 0.3) is 0 Å². The van der Waals surface area contributed by atoms with Crippen LogP contribution in [0.2, 0.25) is 0 Å². The Kier molecular flexibility index (Phi) is 2.87. The largest absolute Gasteiger partial charge is 0.373 e. The van der Waals surface area contributed by atoms with E-state index in [4.69, 9.17) is 10.5 Å². The topological polar surface area (TPSA) is 38.5 Å². The number of hydrogen-bond acceptors (Lipinski definition) is 3. The molecule has 1 saturated heterocycles. The van der Waals surface area contributed by atoms with Crippen molar-refractivity contribution in [1.29, 1.82) is 0 Å². The van der Waals surface area contributed by atoms with E-state index in [1.807, 2.05) is 6.92 Å². The highest BCUT2D eigenvalue weighted by Crippen LogP contribution is 2.10. The molecule has 0 aromatic rings. The first-order chi connectivity index (χ1) is 5.09. The molecule has 0 aromatic carbocycles. The minimum Gasteiger partial charge on any atom is -0.373 e. The number of nitrogens with zero attached hydrogens (tertiary/aromatic N) is 1. The van der Waals surface area contributed by atoms with Crippen LogP contribution in [-0.2, 0) is 4.74 Å². The second kappa shape index (κ2) is 3.52. The van der Waals surface area contributed by atoms with Crippen LogP contribution in [0, 0.1) is 0 Å². The van der Waals surface area contributed by atoms with Gasteiger partial charge >= 0.3 is 0 Å². The fraction of sp³-hybridized carbons (Fsp3) is 1.00. The van der Waals surface area contributed by atoms with Crippen molar-refractivity contribution < 1.29 is 4.74 Å². The first-order valence-electron chi connectivity index (χ1n) is 4.24. The molecule has 1 fully saturated rings. The van der Waals surface area contributed by atoms with Gasteiger partial charge in [0.25, 0.3) is 0 Å². The van der Waals surface area contributed by atoms with Crippen molar-refractivity contribution in [2.45, 2.75) is 39.1 Å². The van der Waals surface area contributed by atoms with E-state index >= 15 is 0 Å². The molecule has 0 bridgehead atoms. The Bertz CT molecular complexity index is 117. The summed E-state index contributed by atoms with van der Waals surface area (Å²) in [6.45, 7) is 8.12. The minimum absolute atomic E-state index is 0.156. The van der Waals surface area contributed by atoms with Crippen molar-refractivity contribution in [3.05, 3.63) is 0 Å². The zero-order chi connectivity index (χ0) is 8.43. The van der Waals surface area contributed by atoms with E-state index in [1.54, 1.807) is 0 Å². The summed E-state index contributed by atoms with van der Waals surface area (Å²) in [6, 6.07) is 0. The zero-order valence-corrected chi connectivity index (χ0v) is 7.58. The molecule has 3 unspecified atom stereocenters. The van der Waals surface area contributed by atoms with Gasteiger partial charge in [0.05, 0.1) is 18.4 Å². The molecular weight excluding hydrogens is 140 g/mol. The Morgan fingerprint density at radius 1 is 1.36 bits per heavy atom. The van der Waals surface area contributed by atoms with Crippen LogP contribution in [0.15, 0.2) is 0 Å². The normalized spacial score (nSPS) is 37.1. The van der Waals surface area contributed by atoms with Crippen LogP contribution in [-0.4, -0.2) is 36.4 Å². The van der Waals surface area contributed by atoms with E-state index < -0.39 is 0 Å². The summed E-state index contributed by atoms with van der Waals surface area (Å²) in [5.74, 6) is 0. The fourth-order valence-corrected chi connectivity index (χ4v) is 1.55. The third kappa shape index (κ3) is 2.43. The molecule has 66 valence electrons. The minimum atomic E-state index is 0.156. The van der Waals surface area contributed by atoms with E-state index in [2.05, 4.69) is 18.7 Å².